The predicted molar refractivity (Wildman–Crippen MR) is 73.7 cm³/mol. The molecule has 0 N–H and O–H groups in total. The highest BCUT2D eigenvalue weighted by Gasteiger charge is 2.22. The first-order valence-corrected chi connectivity index (χ1v) is 7.24. The van der Waals surface area contributed by atoms with E-state index in [9.17, 15) is 0 Å². The summed E-state index contributed by atoms with van der Waals surface area (Å²) in [5.74, 6) is 2.53. The van der Waals surface area contributed by atoms with Crippen LogP contribution in [-0.4, -0.2) is 19.7 Å². The van der Waals surface area contributed by atoms with Gasteiger partial charge in [-0.3, -0.25) is 4.68 Å². The molecule has 94 valence electrons. The van der Waals surface area contributed by atoms with E-state index in [0.29, 0.717) is 11.0 Å². The summed E-state index contributed by atoms with van der Waals surface area (Å²) in [5, 5.41) is 4.98. The van der Waals surface area contributed by atoms with E-state index in [2.05, 4.69) is 15.1 Å². The van der Waals surface area contributed by atoms with Crippen molar-refractivity contribution in [2.24, 2.45) is 7.05 Å². The van der Waals surface area contributed by atoms with Crippen LogP contribution in [0.2, 0.25) is 5.15 Å². The largest absolute Gasteiger partial charge is 0.272 e. The van der Waals surface area contributed by atoms with E-state index in [1.807, 2.05) is 37.3 Å². The van der Waals surface area contributed by atoms with Crippen LogP contribution < -0.4 is 0 Å². The minimum Gasteiger partial charge on any atom is -0.272 e. The summed E-state index contributed by atoms with van der Waals surface area (Å²) in [6.45, 7) is 4.00. The van der Waals surface area contributed by atoms with Crippen LogP contribution in [0.5, 0.6) is 0 Å². The van der Waals surface area contributed by atoms with Crippen LogP contribution in [0.4, 0.5) is 0 Å². The quantitative estimate of drug-likeness (QED) is 0.754. The Kier molecular flexibility index (Phi) is 2.83. The summed E-state index contributed by atoms with van der Waals surface area (Å²) in [6, 6.07) is 0. The highest BCUT2D eigenvalue weighted by Crippen LogP contribution is 2.35. The Morgan fingerprint density at radius 2 is 2.00 bits per heavy atom. The Morgan fingerprint density at radius 1 is 1.22 bits per heavy atom. The maximum Gasteiger partial charge on any atom is 0.164 e. The highest BCUT2D eigenvalue weighted by atomic mass is 35.5. The van der Waals surface area contributed by atoms with Crippen molar-refractivity contribution in [2.45, 2.75) is 25.4 Å². The second kappa shape index (κ2) is 4.24. The number of aryl methyl sites for hydroxylation is 2. The Morgan fingerprint density at radius 3 is 2.67 bits per heavy atom. The van der Waals surface area contributed by atoms with Crippen molar-refractivity contribution in [3.63, 3.8) is 0 Å². The number of thioether (sulfide) groups is 1. The fourth-order valence-corrected chi connectivity index (χ4v) is 3.60. The van der Waals surface area contributed by atoms with Crippen molar-refractivity contribution >= 4 is 23.4 Å². The van der Waals surface area contributed by atoms with E-state index in [0.717, 1.165) is 39.7 Å². The molecule has 2 aromatic heterocycles. The average Bonchev–Trinajstić information content (AvgIpc) is 2.85. The van der Waals surface area contributed by atoms with Crippen molar-refractivity contribution in [1.82, 2.24) is 19.7 Å². The molecule has 0 saturated heterocycles. The number of rotatable bonds is 1. The van der Waals surface area contributed by atoms with Gasteiger partial charge in [0.1, 0.15) is 5.15 Å². The van der Waals surface area contributed by atoms with Gasteiger partial charge in [0.2, 0.25) is 0 Å². The monoisotopic (exact) mass is 280 g/mol. The van der Waals surface area contributed by atoms with Crippen molar-refractivity contribution in [2.75, 3.05) is 0 Å². The van der Waals surface area contributed by atoms with Gasteiger partial charge < -0.3 is 0 Å². The average molecular weight is 281 g/mol. The zero-order valence-corrected chi connectivity index (χ0v) is 12.1. The number of aromatic nitrogens is 4. The van der Waals surface area contributed by atoms with Gasteiger partial charge in [-0.25, -0.2) is 9.97 Å². The molecule has 6 heteroatoms. The number of hydrogen-bond acceptors (Lipinski definition) is 4. The fraction of sp³-hybridized carbons (Fsp3) is 0.417. The standard InChI is InChI=1S/C12H13ClN4S/c1-6-10(7(2)17(3)16-6)12-14-9-5-18-4-8(9)11(13)15-12/h4-5H2,1-3H3. The molecule has 0 atom stereocenters. The third-order valence-corrected chi connectivity index (χ3v) is 4.54. The van der Waals surface area contributed by atoms with Gasteiger partial charge in [0, 0.05) is 29.8 Å². The smallest absolute Gasteiger partial charge is 0.164 e. The molecule has 0 unspecified atom stereocenters. The molecule has 1 aliphatic rings. The van der Waals surface area contributed by atoms with E-state index < -0.39 is 0 Å². The molecule has 0 aromatic carbocycles. The second-order valence-corrected chi connectivity index (χ2v) is 5.77. The Balaban J connectivity index is 2.21. The minimum absolute atomic E-state index is 0.586. The molecule has 2 aromatic rings. The number of hydrogen-bond donors (Lipinski definition) is 0. The number of halogens is 1. The zero-order chi connectivity index (χ0) is 12.9. The molecule has 3 heterocycles. The topological polar surface area (TPSA) is 43.6 Å². The lowest BCUT2D eigenvalue weighted by atomic mass is 10.1. The Hall–Kier alpha value is -1.07. The van der Waals surface area contributed by atoms with Crippen LogP contribution in [0.25, 0.3) is 11.4 Å². The molecule has 0 saturated carbocycles. The first-order chi connectivity index (χ1) is 8.58. The fourth-order valence-electron chi connectivity index (χ4n) is 2.22. The van der Waals surface area contributed by atoms with Gasteiger partial charge in [0.25, 0.3) is 0 Å². The van der Waals surface area contributed by atoms with Gasteiger partial charge >= 0.3 is 0 Å². The third kappa shape index (κ3) is 1.73. The minimum atomic E-state index is 0.586. The maximum absolute atomic E-state index is 6.24. The van der Waals surface area contributed by atoms with E-state index in [1.165, 1.54) is 0 Å². The van der Waals surface area contributed by atoms with Crippen LogP contribution in [0.15, 0.2) is 0 Å². The van der Waals surface area contributed by atoms with E-state index >= 15 is 0 Å². The number of fused-ring (bicyclic) bond motifs is 1. The lowest BCUT2D eigenvalue weighted by Gasteiger charge is -2.05. The first-order valence-electron chi connectivity index (χ1n) is 5.71. The molecule has 18 heavy (non-hydrogen) atoms. The van der Waals surface area contributed by atoms with Crippen molar-refractivity contribution < 1.29 is 0 Å². The second-order valence-electron chi connectivity index (χ2n) is 4.43. The van der Waals surface area contributed by atoms with Crippen LogP contribution in [0, 0.1) is 13.8 Å². The molecule has 4 nitrogen and oxygen atoms in total. The molecule has 0 bridgehead atoms. The molecular formula is C12H13ClN4S. The molecule has 1 aliphatic heterocycles. The van der Waals surface area contributed by atoms with Gasteiger partial charge in [-0.05, 0) is 13.8 Å². The molecule has 0 aliphatic carbocycles. The summed E-state index contributed by atoms with van der Waals surface area (Å²) in [5.41, 5.74) is 5.16. The van der Waals surface area contributed by atoms with Crippen molar-refractivity contribution in [1.29, 1.82) is 0 Å². The third-order valence-electron chi connectivity index (χ3n) is 3.26. The Bertz CT molecular complexity index is 635. The van der Waals surface area contributed by atoms with Gasteiger partial charge in [-0.15, -0.1) is 0 Å². The summed E-state index contributed by atoms with van der Waals surface area (Å²) < 4.78 is 1.85. The normalized spacial score (nSPS) is 14.0. The molecule has 0 spiro atoms. The van der Waals surface area contributed by atoms with Crippen molar-refractivity contribution in [3.8, 4) is 11.4 Å². The van der Waals surface area contributed by atoms with Gasteiger partial charge in [0.15, 0.2) is 5.82 Å². The van der Waals surface area contributed by atoms with Crippen molar-refractivity contribution in [3.05, 3.63) is 27.8 Å². The van der Waals surface area contributed by atoms with Crippen LogP contribution >= 0.6 is 23.4 Å². The number of nitrogens with zero attached hydrogens (tertiary/aromatic N) is 4. The molecule has 0 radical (unpaired) electrons. The molecular weight excluding hydrogens is 268 g/mol. The highest BCUT2D eigenvalue weighted by molar-refractivity contribution is 7.98. The molecule has 0 fully saturated rings. The summed E-state index contributed by atoms with van der Waals surface area (Å²) in [7, 11) is 1.93. The van der Waals surface area contributed by atoms with Crippen LogP contribution in [0.1, 0.15) is 22.6 Å². The van der Waals surface area contributed by atoms with Crippen LogP contribution in [0.3, 0.4) is 0 Å². The molecule has 0 amide bonds. The van der Waals surface area contributed by atoms with Crippen LogP contribution in [-0.2, 0) is 18.6 Å². The lowest BCUT2D eigenvalue weighted by Crippen LogP contribution is -1.99. The molecule has 3 rings (SSSR count). The van der Waals surface area contributed by atoms with E-state index in [1.54, 1.807) is 0 Å². The first kappa shape index (κ1) is 12.0. The Labute approximate surface area is 115 Å². The van der Waals surface area contributed by atoms with Gasteiger partial charge in [-0.2, -0.15) is 16.9 Å². The van der Waals surface area contributed by atoms with Gasteiger partial charge in [-0.1, -0.05) is 11.6 Å². The van der Waals surface area contributed by atoms with E-state index in [4.69, 9.17) is 11.6 Å². The van der Waals surface area contributed by atoms with Gasteiger partial charge in [0.05, 0.1) is 17.0 Å². The zero-order valence-electron chi connectivity index (χ0n) is 10.5. The lowest BCUT2D eigenvalue weighted by molar-refractivity contribution is 0.731. The SMILES string of the molecule is Cc1nn(C)c(C)c1-c1nc(Cl)c2c(n1)CSC2. The summed E-state index contributed by atoms with van der Waals surface area (Å²) in [4.78, 5) is 9.09. The maximum atomic E-state index is 6.24. The summed E-state index contributed by atoms with van der Waals surface area (Å²) in [6.07, 6.45) is 0. The predicted octanol–water partition coefficient (Wildman–Crippen LogP) is 2.89. The van der Waals surface area contributed by atoms with E-state index in [-0.39, 0.29) is 0 Å². The summed E-state index contributed by atoms with van der Waals surface area (Å²) >= 11 is 8.07.